The van der Waals surface area contributed by atoms with E-state index in [2.05, 4.69) is 117 Å². The number of aryl methyl sites for hydroxylation is 2. The highest BCUT2D eigenvalue weighted by Crippen LogP contribution is 2.17. The van der Waals surface area contributed by atoms with Crippen LogP contribution in [0.1, 0.15) is 120 Å². The summed E-state index contributed by atoms with van der Waals surface area (Å²) in [5, 5.41) is 6.93. The summed E-state index contributed by atoms with van der Waals surface area (Å²) in [6.45, 7) is 29.1. The van der Waals surface area contributed by atoms with Gasteiger partial charge in [-0.25, -0.2) is 0 Å². The van der Waals surface area contributed by atoms with Crippen LogP contribution in [0.15, 0.2) is 18.2 Å². The van der Waals surface area contributed by atoms with Crippen molar-refractivity contribution in [3.05, 3.63) is 29.3 Å². The van der Waals surface area contributed by atoms with Gasteiger partial charge < -0.3 is 15.5 Å². The summed E-state index contributed by atoms with van der Waals surface area (Å²) in [6, 6.07) is 9.38. The van der Waals surface area contributed by atoms with Crippen molar-refractivity contribution in [3.8, 4) is 0 Å². The molecule has 0 fully saturated rings. The van der Waals surface area contributed by atoms with Crippen molar-refractivity contribution >= 4 is 5.69 Å². The minimum Gasteiger partial charge on any atom is -0.383 e. The van der Waals surface area contributed by atoms with Gasteiger partial charge in [0, 0.05) is 29.9 Å². The van der Waals surface area contributed by atoms with Crippen LogP contribution >= 0.6 is 0 Å². The Bertz CT molecular complexity index is 519. The molecule has 0 saturated heterocycles. The maximum absolute atomic E-state index is 3.48. The van der Waals surface area contributed by atoms with Crippen molar-refractivity contribution < 1.29 is 0 Å². The number of benzene rings is 1. The molecule has 0 aliphatic rings. The number of hydrogen-bond acceptors (Lipinski definition) is 3. The van der Waals surface area contributed by atoms with E-state index in [4.69, 9.17) is 0 Å². The smallest absolute Gasteiger partial charge is 0.0347 e. The summed E-state index contributed by atoms with van der Waals surface area (Å²) in [5.74, 6) is 0. The van der Waals surface area contributed by atoms with Crippen molar-refractivity contribution in [1.29, 1.82) is 0 Å². The fourth-order valence-electron chi connectivity index (χ4n) is 3.79. The zero-order valence-electron chi connectivity index (χ0n) is 24.6. The van der Waals surface area contributed by atoms with Crippen LogP contribution in [0.4, 0.5) is 5.69 Å². The molecular weight excluding hydrogens is 402 g/mol. The zero-order chi connectivity index (χ0) is 25.8. The average Bonchev–Trinajstić information content (AvgIpc) is 2.77. The van der Waals surface area contributed by atoms with Crippen LogP contribution in [-0.4, -0.2) is 42.2 Å². The van der Waals surface area contributed by atoms with Crippen molar-refractivity contribution in [2.75, 3.05) is 18.4 Å². The molecule has 1 aromatic rings. The van der Waals surface area contributed by atoms with Crippen LogP contribution in [-0.2, 0) is 12.8 Å². The van der Waals surface area contributed by atoms with Crippen LogP contribution in [0.5, 0.6) is 0 Å². The van der Waals surface area contributed by atoms with Gasteiger partial charge in [0.05, 0.1) is 0 Å². The lowest BCUT2D eigenvalue weighted by molar-refractivity contribution is 0.222. The molecule has 0 amide bonds. The molecule has 3 heteroatoms. The van der Waals surface area contributed by atoms with Crippen molar-refractivity contribution in [2.45, 2.75) is 146 Å². The molecule has 0 bridgehead atoms. The normalized spacial score (nSPS) is 11.1. The molecule has 196 valence electrons. The van der Waals surface area contributed by atoms with E-state index in [9.17, 15) is 0 Å². The van der Waals surface area contributed by atoms with Crippen molar-refractivity contribution in [3.63, 3.8) is 0 Å². The molecule has 2 N–H and O–H groups in total. The van der Waals surface area contributed by atoms with E-state index in [0.29, 0.717) is 12.1 Å². The Morgan fingerprint density at radius 3 is 1.36 bits per heavy atom. The highest BCUT2D eigenvalue weighted by Gasteiger charge is 2.05. The Morgan fingerprint density at radius 1 is 0.667 bits per heavy atom. The molecule has 1 aromatic carbocycles. The van der Waals surface area contributed by atoms with Gasteiger partial charge in [-0.15, -0.1) is 0 Å². The summed E-state index contributed by atoms with van der Waals surface area (Å²) in [4.78, 5) is 2.53. The third-order valence-corrected chi connectivity index (χ3v) is 5.63. The molecule has 0 radical (unpaired) electrons. The fourth-order valence-corrected chi connectivity index (χ4v) is 3.79. The maximum Gasteiger partial charge on any atom is 0.0347 e. The highest BCUT2D eigenvalue weighted by atomic mass is 15.1. The van der Waals surface area contributed by atoms with E-state index in [1.165, 1.54) is 55.6 Å². The lowest BCUT2D eigenvalue weighted by atomic mass is 10.1. The molecular formula is C30H61N3. The first-order valence-electron chi connectivity index (χ1n) is 14.0. The van der Waals surface area contributed by atoms with Crippen LogP contribution in [0, 0.1) is 0 Å². The summed E-state index contributed by atoms with van der Waals surface area (Å²) in [5.41, 5.74) is 4.11. The van der Waals surface area contributed by atoms with Crippen LogP contribution in [0.25, 0.3) is 0 Å². The van der Waals surface area contributed by atoms with E-state index < -0.39 is 0 Å². The molecule has 0 spiro atoms. The highest BCUT2D eigenvalue weighted by molar-refractivity contribution is 5.49. The predicted molar refractivity (Wildman–Crippen MR) is 154 cm³/mol. The summed E-state index contributed by atoms with van der Waals surface area (Å²) >= 11 is 0. The van der Waals surface area contributed by atoms with E-state index in [1.54, 1.807) is 0 Å². The van der Waals surface area contributed by atoms with Gasteiger partial charge in [-0.3, -0.25) is 0 Å². The minimum atomic E-state index is 0.506. The largest absolute Gasteiger partial charge is 0.383 e. The molecule has 0 atom stereocenters. The second-order valence-corrected chi connectivity index (χ2v) is 10.0. The molecule has 0 unspecified atom stereocenters. The molecule has 0 heterocycles. The molecule has 3 nitrogen and oxygen atoms in total. The Balaban J connectivity index is 0. The maximum atomic E-state index is 3.48. The van der Waals surface area contributed by atoms with Crippen LogP contribution in [0.3, 0.4) is 0 Å². The average molecular weight is 464 g/mol. The Kier molecular flexibility index (Phi) is 22.2. The number of anilines is 1. The van der Waals surface area contributed by atoms with Gasteiger partial charge in [-0.2, -0.15) is 0 Å². The van der Waals surface area contributed by atoms with E-state index in [0.717, 1.165) is 24.9 Å². The SMILES string of the molecule is CCC(CC)NC(C)C.CCCN(CCC)C(C)C.CCc1cc(CC)cc(NC(C)C)c1. The first kappa shape index (κ1) is 34.1. The Morgan fingerprint density at radius 2 is 1.12 bits per heavy atom. The molecule has 1 rings (SSSR count). The lowest BCUT2D eigenvalue weighted by Gasteiger charge is -2.24. The lowest BCUT2D eigenvalue weighted by Crippen LogP contribution is -2.33. The summed E-state index contributed by atoms with van der Waals surface area (Å²) < 4.78 is 0. The van der Waals surface area contributed by atoms with E-state index in [1.807, 2.05) is 0 Å². The molecule has 33 heavy (non-hydrogen) atoms. The topological polar surface area (TPSA) is 27.3 Å². The number of nitrogens with zero attached hydrogens (tertiary/aromatic N) is 1. The van der Waals surface area contributed by atoms with Gasteiger partial charge in [0.1, 0.15) is 0 Å². The van der Waals surface area contributed by atoms with Crippen LogP contribution in [0.2, 0.25) is 0 Å². The van der Waals surface area contributed by atoms with E-state index >= 15 is 0 Å². The zero-order valence-corrected chi connectivity index (χ0v) is 24.6. The monoisotopic (exact) mass is 463 g/mol. The first-order chi connectivity index (χ1) is 15.6. The summed E-state index contributed by atoms with van der Waals surface area (Å²) in [6.07, 6.45) is 7.26. The second kappa shape index (κ2) is 21.5. The number of hydrogen-bond donors (Lipinski definition) is 2. The second-order valence-electron chi connectivity index (χ2n) is 10.0. The summed E-state index contributed by atoms with van der Waals surface area (Å²) in [7, 11) is 0. The van der Waals surface area contributed by atoms with Crippen molar-refractivity contribution in [1.82, 2.24) is 10.2 Å². The quantitative estimate of drug-likeness (QED) is 0.308. The standard InChI is InChI=1S/C13H21N.C9H21N.C8H19N/c1-5-11-7-12(6-2)9-13(8-11)14-10(3)4;1-5-7-10(8-6-2)9(3)4;1-5-8(6-2)9-7(3)4/h7-10,14H,5-6H2,1-4H3;9H,5-8H2,1-4H3;7-9H,5-6H2,1-4H3. The van der Waals surface area contributed by atoms with Gasteiger partial charge in [-0.1, -0.05) is 61.5 Å². The van der Waals surface area contributed by atoms with Crippen LogP contribution < -0.4 is 10.6 Å². The molecule has 0 aliphatic heterocycles. The molecule has 0 aromatic heterocycles. The predicted octanol–water partition coefficient (Wildman–Crippen LogP) is 8.32. The molecule has 0 aliphatic carbocycles. The van der Waals surface area contributed by atoms with Gasteiger partial charge in [0.15, 0.2) is 0 Å². The van der Waals surface area contributed by atoms with Gasteiger partial charge in [0.25, 0.3) is 0 Å². The van der Waals surface area contributed by atoms with Gasteiger partial charge in [0.2, 0.25) is 0 Å². The third kappa shape index (κ3) is 19.0. The molecule has 0 saturated carbocycles. The Hall–Kier alpha value is -1.06. The van der Waals surface area contributed by atoms with Gasteiger partial charge >= 0.3 is 0 Å². The van der Waals surface area contributed by atoms with Crippen molar-refractivity contribution in [2.24, 2.45) is 0 Å². The minimum absolute atomic E-state index is 0.506. The first-order valence-corrected chi connectivity index (χ1v) is 14.0. The fraction of sp³-hybridized carbons (Fsp3) is 0.800. The Labute approximate surface area is 209 Å². The van der Waals surface area contributed by atoms with Gasteiger partial charge in [-0.05, 0) is 103 Å². The number of rotatable bonds is 13. The van der Waals surface area contributed by atoms with E-state index in [-0.39, 0.29) is 0 Å². The number of nitrogens with one attached hydrogen (secondary N) is 2. The third-order valence-electron chi connectivity index (χ3n) is 5.63.